The molecule has 0 bridgehead atoms. The van der Waals surface area contributed by atoms with Gasteiger partial charge in [-0.3, -0.25) is 9.36 Å². The van der Waals surface area contributed by atoms with Gasteiger partial charge in [0, 0.05) is 12.5 Å². The number of H-pyrrole nitrogens is 1. The number of aromatic amines is 1. The third-order valence-corrected chi connectivity index (χ3v) is 3.35. The summed E-state index contributed by atoms with van der Waals surface area (Å²) in [5, 5.41) is 6.99. The number of carbonyl (C=O) groups excluding carboxylic acids is 1. The second kappa shape index (κ2) is 4.22. The van der Waals surface area contributed by atoms with E-state index in [2.05, 4.69) is 10.2 Å². The van der Waals surface area contributed by atoms with Crippen molar-refractivity contribution in [3.63, 3.8) is 0 Å². The van der Waals surface area contributed by atoms with Gasteiger partial charge in [-0.05, 0) is 12.8 Å². The molecule has 1 fully saturated rings. The first kappa shape index (κ1) is 10.5. The Balaban J connectivity index is 2.07. The highest BCUT2D eigenvalue weighted by atomic mass is 32.2. The van der Waals surface area contributed by atoms with E-state index in [9.17, 15) is 9.59 Å². The van der Waals surface area contributed by atoms with Crippen LogP contribution in [0.2, 0.25) is 0 Å². The van der Waals surface area contributed by atoms with Crippen molar-refractivity contribution in [3.8, 4) is 0 Å². The van der Waals surface area contributed by atoms with Gasteiger partial charge in [0.05, 0.1) is 5.75 Å². The predicted octanol–water partition coefficient (Wildman–Crippen LogP) is 0.977. The van der Waals surface area contributed by atoms with E-state index in [1.54, 1.807) is 4.57 Å². The average molecular weight is 227 g/mol. The monoisotopic (exact) mass is 227 g/mol. The van der Waals surface area contributed by atoms with Crippen LogP contribution in [0.3, 0.4) is 0 Å². The number of Topliss-reactive ketones (excluding diaryl/α,β-unsaturated/α-hetero) is 1. The fourth-order valence-corrected chi connectivity index (χ4v) is 2.27. The summed E-state index contributed by atoms with van der Waals surface area (Å²) in [6, 6.07) is 0.301. The van der Waals surface area contributed by atoms with Gasteiger partial charge in [0.25, 0.3) is 0 Å². The molecule has 1 aromatic rings. The molecule has 6 heteroatoms. The lowest BCUT2D eigenvalue weighted by atomic mass is 10.4. The van der Waals surface area contributed by atoms with E-state index in [0.29, 0.717) is 23.4 Å². The van der Waals surface area contributed by atoms with Crippen molar-refractivity contribution in [3.05, 3.63) is 10.5 Å². The number of aromatic nitrogens is 3. The average Bonchev–Trinajstić information content (AvgIpc) is 3.00. The Labute approximate surface area is 91.3 Å². The van der Waals surface area contributed by atoms with Crippen molar-refractivity contribution in [2.75, 3.05) is 5.75 Å². The SMILES string of the molecule is CCC(=O)CSc1n[nH]c(=O)n1C1CC1. The highest BCUT2D eigenvalue weighted by Gasteiger charge is 2.28. The highest BCUT2D eigenvalue weighted by Crippen LogP contribution is 2.35. The van der Waals surface area contributed by atoms with Gasteiger partial charge >= 0.3 is 5.69 Å². The van der Waals surface area contributed by atoms with Crippen molar-refractivity contribution in [2.45, 2.75) is 37.4 Å². The minimum absolute atomic E-state index is 0.163. The van der Waals surface area contributed by atoms with Crippen LogP contribution in [0.4, 0.5) is 0 Å². The summed E-state index contributed by atoms with van der Waals surface area (Å²) in [7, 11) is 0. The number of hydrogen-bond donors (Lipinski definition) is 1. The summed E-state index contributed by atoms with van der Waals surface area (Å²) in [6.45, 7) is 1.83. The van der Waals surface area contributed by atoms with Crippen LogP contribution < -0.4 is 5.69 Å². The van der Waals surface area contributed by atoms with Crippen LogP contribution in [0.1, 0.15) is 32.2 Å². The zero-order valence-corrected chi connectivity index (χ0v) is 9.34. The van der Waals surface area contributed by atoms with Gasteiger partial charge in [0.15, 0.2) is 5.16 Å². The second-order valence-electron chi connectivity index (χ2n) is 3.59. The van der Waals surface area contributed by atoms with E-state index in [1.165, 1.54) is 11.8 Å². The van der Waals surface area contributed by atoms with Crippen molar-refractivity contribution in [1.29, 1.82) is 0 Å². The molecule has 1 saturated carbocycles. The first-order chi connectivity index (χ1) is 7.22. The number of thioether (sulfide) groups is 1. The first-order valence-electron chi connectivity index (χ1n) is 5.03. The number of ketones is 1. The van der Waals surface area contributed by atoms with Crippen LogP contribution in [0.25, 0.3) is 0 Å². The van der Waals surface area contributed by atoms with Crippen LogP contribution in [0.5, 0.6) is 0 Å². The Morgan fingerprint density at radius 1 is 1.67 bits per heavy atom. The molecular formula is C9H13N3O2S. The lowest BCUT2D eigenvalue weighted by molar-refractivity contribution is -0.116. The summed E-state index contributed by atoms with van der Waals surface area (Å²) in [5.74, 6) is 0.575. The summed E-state index contributed by atoms with van der Waals surface area (Å²) >= 11 is 1.34. The standard InChI is InChI=1S/C9H13N3O2S/c1-2-7(13)5-15-9-11-10-8(14)12(9)6-3-4-6/h6H,2-5H2,1H3,(H,10,14). The van der Waals surface area contributed by atoms with Gasteiger partial charge in [-0.25, -0.2) is 9.89 Å². The molecular weight excluding hydrogens is 214 g/mol. The summed E-state index contributed by atoms with van der Waals surface area (Å²) in [4.78, 5) is 22.5. The quantitative estimate of drug-likeness (QED) is 0.761. The largest absolute Gasteiger partial charge is 0.344 e. The van der Waals surface area contributed by atoms with Crippen molar-refractivity contribution in [1.82, 2.24) is 14.8 Å². The van der Waals surface area contributed by atoms with E-state index in [1.807, 2.05) is 6.92 Å². The van der Waals surface area contributed by atoms with Crippen LogP contribution in [0.15, 0.2) is 9.95 Å². The maximum atomic E-state index is 11.4. The fraction of sp³-hybridized carbons (Fsp3) is 0.667. The number of carbonyl (C=O) groups is 1. The third-order valence-electron chi connectivity index (χ3n) is 2.34. The van der Waals surface area contributed by atoms with Gasteiger partial charge in [-0.15, -0.1) is 5.10 Å². The minimum atomic E-state index is -0.163. The molecule has 0 aliphatic heterocycles. The van der Waals surface area contributed by atoms with E-state index < -0.39 is 0 Å². The molecule has 0 saturated heterocycles. The molecule has 2 rings (SSSR count). The van der Waals surface area contributed by atoms with Crippen molar-refractivity contribution >= 4 is 17.5 Å². The van der Waals surface area contributed by atoms with Crippen LogP contribution in [-0.4, -0.2) is 26.3 Å². The Kier molecular flexibility index (Phi) is 2.95. The Morgan fingerprint density at radius 3 is 3.00 bits per heavy atom. The molecule has 1 aliphatic rings. The maximum Gasteiger partial charge on any atom is 0.344 e. The second-order valence-corrected chi connectivity index (χ2v) is 4.54. The predicted molar refractivity (Wildman–Crippen MR) is 57.1 cm³/mol. The van der Waals surface area contributed by atoms with Gasteiger partial charge in [0.2, 0.25) is 0 Å². The zero-order valence-electron chi connectivity index (χ0n) is 8.52. The number of nitrogens with one attached hydrogen (secondary N) is 1. The summed E-state index contributed by atoms with van der Waals surface area (Å²) in [6.07, 6.45) is 2.61. The molecule has 82 valence electrons. The van der Waals surface area contributed by atoms with E-state index in [0.717, 1.165) is 12.8 Å². The van der Waals surface area contributed by atoms with Crippen LogP contribution in [-0.2, 0) is 4.79 Å². The fourth-order valence-electron chi connectivity index (χ4n) is 1.29. The van der Waals surface area contributed by atoms with Crippen molar-refractivity contribution in [2.24, 2.45) is 0 Å². The van der Waals surface area contributed by atoms with E-state index in [4.69, 9.17) is 0 Å². The molecule has 1 aliphatic carbocycles. The normalized spacial score (nSPS) is 15.5. The number of hydrogen-bond acceptors (Lipinski definition) is 4. The molecule has 0 spiro atoms. The molecule has 1 heterocycles. The molecule has 1 aromatic heterocycles. The summed E-state index contributed by atoms with van der Waals surface area (Å²) in [5.41, 5.74) is -0.163. The summed E-state index contributed by atoms with van der Waals surface area (Å²) < 4.78 is 1.66. The highest BCUT2D eigenvalue weighted by molar-refractivity contribution is 7.99. The molecule has 5 nitrogen and oxygen atoms in total. The molecule has 1 N–H and O–H groups in total. The number of nitrogens with zero attached hydrogens (tertiary/aromatic N) is 2. The Bertz CT molecular complexity index is 419. The van der Waals surface area contributed by atoms with Crippen molar-refractivity contribution < 1.29 is 4.79 Å². The molecule has 0 radical (unpaired) electrons. The molecule has 0 atom stereocenters. The van der Waals surface area contributed by atoms with Gasteiger partial charge in [0.1, 0.15) is 5.78 Å². The Hall–Kier alpha value is -1.04. The topological polar surface area (TPSA) is 67.8 Å². The molecule has 0 unspecified atom stereocenters. The van der Waals surface area contributed by atoms with Gasteiger partial charge in [-0.2, -0.15) is 0 Å². The van der Waals surface area contributed by atoms with Crippen LogP contribution in [0, 0.1) is 0 Å². The lowest BCUT2D eigenvalue weighted by Gasteiger charge is -2.01. The minimum Gasteiger partial charge on any atom is -0.299 e. The first-order valence-corrected chi connectivity index (χ1v) is 6.02. The third kappa shape index (κ3) is 2.31. The number of rotatable bonds is 5. The Morgan fingerprint density at radius 2 is 2.40 bits per heavy atom. The van der Waals surface area contributed by atoms with Crippen LogP contribution >= 0.6 is 11.8 Å². The van der Waals surface area contributed by atoms with Gasteiger partial charge < -0.3 is 0 Å². The smallest absolute Gasteiger partial charge is 0.299 e. The molecule has 15 heavy (non-hydrogen) atoms. The zero-order chi connectivity index (χ0) is 10.8. The maximum absolute atomic E-state index is 11.4. The van der Waals surface area contributed by atoms with E-state index >= 15 is 0 Å². The lowest BCUT2D eigenvalue weighted by Crippen LogP contribution is -2.16. The van der Waals surface area contributed by atoms with Gasteiger partial charge in [-0.1, -0.05) is 18.7 Å². The molecule has 0 amide bonds. The van der Waals surface area contributed by atoms with E-state index in [-0.39, 0.29) is 11.5 Å². The molecule has 0 aromatic carbocycles.